The molecule has 0 aromatic carbocycles. The SMILES string of the molecule is Cn1cc(C(=O)NCc2ccccn2)cn1. The van der Waals surface area contributed by atoms with Crippen molar-refractivity contribution in [1.82, 2.24) is 20.1 Å². The Hall–Kier alpha value is -2.17. The van der Waals surface area contributed by atoms with Gasteiger partial charge in [0.25, 0.3) is 5.91 Å². The number of carbonyl (C=O) groups excluding carboxylic acids is 1. The first-order chi connectivity index (χ1) is 7.75. The lowest BCUT2D eigenvalue weighted by Gasteiger charge is -2.02. The molecule has 0 fully saturated rings. The lowest BCUT2D eigenvalue weighted by atomic mass is 10.3. The van der Waals surface area contributed by atoms with Crippen LogP contribution < -0.4 is 5.32 Å². The molecular formula is C11H12N4O. The van der Waals surface area contributed by atoms with Gasteiger partial charge >= 0.3 is 0 Å². The fourth-order valence-corrected chi connectivity index (χ4v) is 1.31. The van der Waals surface area contributed by atoms with Crippen LogP contribution in [0.2, 0.25) is 0 Å². The third-order valence-electron chi connectivity index (χ3n) is 2.12. The number of aryl methyl sites for hydroxylation is 1. The van der Waals surface area contributed by atoms with Crippen LogP contribution in [0.3, 0.4) is 0 Å². The molecule has 0 radical (unpaired) electrons. The minimum atomic E-state index is -0.140. The third kappa shape index (κ3) is 2.44. The Balaban J connectivity index is 1.94. The predicted molar refractivity (Wildman–Crippen MR) is 58.6 cm³/mol. The summed E-state index contributed by atoms with van der Waals surface area (Å²) < 4.78 is 1.59. The Morgan fingerprint density at radius 1 is 1.50 bits per heavy atom. The molecule has 0 aliphatic rings. The van der Waals surface area contributed by atoms with E-state index in [2.05, 4.69) is 15.4 Å². The zero-order chi connectivity index (χ0) is 11.4. The maximum atomic E-state index is 11.6. The summed E-state index contributed by atoms with van der Waals surface area (Å²) in [6.45, 7) is 0.425. The number of hydrogen-bond donors (Lipinski definition) is 1. The Kier molecular flexibility index (Phi) is 2.95. The molecule has 1 amide bonds. The second kappa shape index (κ2) is 4.57. The van der Waals surface area contributed by atoms with Crippen molar-refractivity contribution in [1.29, 1.82) is 0 Å². The van der Waals surface area contributed by atoms with Crippen molar-refractivity contribution < 1.29 is 4.79 Å². The highest BCUT2D eigenvalue weighted by molar-refractivity contribution is 5.93. The molecular weight excluding hydrogens is 204 g/mol. The van der Waals surface area contributed by atoms with Gasteiger partial charge in [-0.3, -0.25) is 14.5 Å². The lowest BCUT2D eigenvalue weighted by molar-refractivity contribution is 0.0950. The molecule has 2 aromatic heterocycles. The van der Waals surface area contributed by atoms with E-state index in [0.29, 0.717) is 12.1 Å². The van der Waals surface area contributed by atoms with E-state index >= 15 is 0 Å². The van der Waals surface area contributed by atoms with Crippen LogP contribution in [0.5, 0.6) is 0 Å². The van der Waals surface area contributed by atoms with E-state index in [1.807, 2.05) is 18.2 Å². The van der Waals surface area contributed by atoms with Gasteiger partial charge in [0, 0.05) is 19.4 Å². The first-order valence-corrected chi connectivity index (χ1v) is 4.92. The first-order valence-electron chi connectivity index (χ1n) is 4.92. The van der Waals surface area contributed by atoms with Crippen LogP contribution in [-0.2, 0) is 13.6 Å². The largest absolute Gasteiger partial charge is 0.346 e. The molecule has 2 heterocycles. The average molecular weight is 216 g/mol. The van der Waals surface area contributed by atoms with Gasteiger partial charge in [0.2, 0.25) is 0 Å². The van der Waals surface area contributed by atoms with Crippen molar-refractivity contribution in [2.24, 2.45) is 7.05 Å². The van der Waals surface area contributed by atoms with Crippen molar-refractivity contribution in [3.63, 3.8) is 0 Å². The molecule has 0 unspecified atom stereocenters. The summed E-state index contributed by atoms with van der Waals surface area (Å²) in [5.41, 5.74) is 1.39. The van der Waals surface area contributed by atoms with Crippen molar-refractivity contribution in [3.8, 4) is 0 Å². The molecule has 0 atom stereocenters. The summed E-state index contributed by atoms with van der Waals surface area (Å²) >= 11 is 0. The van der Waals surface area contributed by atoms with Gasteiger partial charge in [-0.2, -0.15) is 5.10 Å². The van der Waals surface area contributed by atoms with Crippen LogP contribution in [-0.4, -0.2) is 20.7 Å². The van der Waals surface area contributed by atoms with Crippen molar-refractivity contribution in [3.05, 3.63) is 48.0 Å². The molecule has 0 aliphatic heterocycles. The number of carbonyl (C=O) groups is 1. The zero-order valence-electron chi connectivity index (χ0n) is 8.92. The number of nitrogens with one attached hydrogen (secondary N) is 1. The number of rotatable bonds is 3. The van der Waals surface area contributed by atoms with Gasteiger partial charge in [-0.1, -0.05) is 6.07 Å². The second-order valence-electron chi connectivity index (χ2n) is 3.41. The maximum Gasteiger partial charge on any atom is 0.254 e. The minimum Gasteiger partial charge on any atom is -0.346 e. The normalized spacial score (nSPS) is 10.1. The molecule has 2 aromatic rings. The zero-order valence-corrected chi connectivity index (χ0v) is 8.92. The number of nitrogens with zero attached hydrogens (tertiary/aromatic N) is 3. The van der Waals surface area contributed by atoms with E-state index in [9.17, 15) is 4.79 Å². The van der Waals surface area contributed by atoms with Crippen LogP contribution in [0.25, 0.3) is 0 Å². The fraction of sp³-hybridized carbons (Fsp3) is 0.182. The molecule has 0 saturated carbocycles. The first kappa shape index (κ1) is 10.4. The number of hydrogen-bond acceptors (Lipinski definition) is 3. The predicted octanol–water partition coefficient (Wildman–Crippen LogP) is 0.745. The average Bonchev–Trinajstić information content (AvgIpc) is 2.74. The smallest absolute Gasteiger partial charge is 0.254 e. The Bertz CT molecular complexity index is 478. The van der Waals surface area contributed by atoms with E-state index in [-0.39, 0.29) is 5.91 Å². The highest BCUT2D eigenvalue weighted by atomic mass is 16.1. The third-order valence-corrected chi connectivity index (χ3v) is 2.12. The fourth-order valence-electron chi connectivity index (χ4n) is 1.31. The van der Waals surface area contributed by atoms with Crippen LogP contribution >= 0.6 is 0 Å². The molecule has 0 aliphatic carbocycles. The number of aromatic nitrogens is 3. The van der Waals surface area contributed by atoms with E-state index in [0.717, 1.165) is 5.69 Å². The summed E-state index contributed by atoms with van der Waals surface area (Å²) in [5, 5.41) is 6.71. The molecule has 82 valence electrons. The van der Waals surface area contributed by atoms with Gasteiger partial charge in [0.05, 0.1) is 24.0 Å². The lowest BCUT2D eigenvalue weighted by Crippen LogP contribution is -2.22. The molecule has 5 nitrogen and oxygen atoms in total. The van der Waals surface area contributed by atoms with Gasteiger partial charge in [-0.15, -0.1) is 0 Å². The summed E-state index contributed by atoms with van der Waals surface area (Å²) in [4.78, 5) is 15.8. The summed E-state index contributed by atoms with van der Waals surface area (Å²) in [7, 11) is 1.77. The molecule has 0 saturated heterocycles. The van der Waals surface area contributed by atoms with Crippen LogP contribution in [0.15, 0.2) is 36.8 Å². The monoisotopic (exact) mass is 216 g/mol. The molecule has 0 bridgehead atoms. The Labute approximate surface area is 93.1 Å². The maximum absolute atomic E-state index is 11.6. The van der Waals surface area contributed by atoms with Crippen molar-refractivity contribution in [2.75, 3.05) is 0 Å². The highest BCUT2D eigenvalue weighted by Crippen LogP contribution is 1.97. The van der Waals surface area contributed by atoms with E-state index in [1.54, 1.807) is 24.1 Å². The summed E-state index contributed by atoms with van der Waals surface area (Å²) in [6.07, 6.45) is 4.91. The molecule has 5 heteroatoms. The Morgan fingerprint density at radius 2 is 2.38 bits per heavy atom. The summed E-state index contributed by atoms with van der Waals surface area (Å²) in [5.74, 6) is -0.140. The van der Waals surface area contributed by atoms with Gasteiger partial charge in [-0.25, -0.2) is 0 Å². The summed E-state index contributed by atoms with van der Waals surface area (Å²) in [6, 6.07) is 5.59. The van der Waals surface area contributed by atoms with Gasteiger partial charge < -0.3 is 5.32 Å². The molecule has 1 N–H and O–H groups in total. The quantitative estimate of drug-likeness (QED) is 0.823. The standard InChI is InChI=1S/C11H12N4O/c1-15-8-9(6-14-15)11(16)13-7-10-4-2-3-5-12-10/h2-6,8H,7H2,1H3,(H,13,16). The number of amides is 1. The molecule has 2 rings (SSSR count). The topological polar surface area (TPSA) is 59.8 Å². The van der Waals surface area contributed by atoms with Gasteiger partial charge in [0.15, 0.2) is 0 Å². The van der Waals surface area contributed by atoms with Crippen LogP contribution in [0.1, 0.15) is 16.1 Å². The van der Waals surface area contributed by atoms with Gasteiger partial charge in [-0.05, 0) is 12.1 Å². The highest BCUT2D eigenvalue weighted by Gasteiger charge is 2.06. The molecule has 16 heavy (non-hydrogen) atoms. The van der Waals surface area contributed by atoms with Crippen molar-refractivity contribution >= 4 is 5.91 Å². The van der Waals surface area contributed by atoms with E-state index in [1.165, 1.54) is 6.20 Å². The van der Waals surface area contributed by atoms with Gasteiger partial charge in [0.1, 0.15) is 0 Å². The molecule has 0 spiro atoms. The Morgan fingerprint density at radius 3 is 3.00 bits per heavy atom. The van der Waals surface area contributed by atoms with E-state index in [4.69, 9.17) is 0 Å². The van der Waals surface area contributed by atoms with Crippen molar-refractivity contribution in [2.45, 2.75) is 6.54 Å². The minimum absolute atomic E-state index is 0.140. The van der Waals surface area contributed by atoms with Crippen LogP contribution in [0.4, 0.5) is 0 Å². The second-order valence-corrected chi connectivity index (χ2v) is 3.41. The van der Waals surface area contributed by atoms with E-state index < -0.39 is 0 Å². The number of pyridine rings is 1. The van der Waals surface area contributed by atoms with Crippen LogP contribution in [0, 0.1) is 0 Å².